The molecule has 2 aromatic heterocycles. The molecule has 21 heteroatoms. The van der Waals surface area contributed by atoms with Crippen LogP contribution in [0.3, 0.4) is 0 Å². The van der Waals surface area contributed by atoms with Crippen molar-refractivity contribution < 1.29 is 43.5 Å². The van der Waals surface area contributed by atoms with E-state index in [9.17, 15) is 48.3 Å². The van der Waals surface area contributed by atoms with Gasteiger partial charge in [-0.15, -0.1) is 0 Å². The number of aliphatic hydroxyl groups is 2. The quantitative estimate of drug-likeness (QED) is 0.0933. The number of aromatic nitrogens is 6. The minimum absolute atomic E-state index is 0.0632. The number of rotatable bonds is 17. The maximum absolute atomic E-state index is 12.9. The van der Waals surface area contributed by atoms with E-state index in [0.29, 0.717) is 13.7 Å². The van der Waals surface area contributed by atoms with Crippen LogP contribution in [0, 0.1) is 0 Å². The average Bonchev–Trinajstić information content (AvgIpc) is 2.99. The van der Waals surface area contributed by atoms with Gasteiger partial charge in [-0.25, -0.2) is 56.2 Å². The van der Waals surface area contributed by atoms with Gasteiger partial charge in [0, 0.05) is 20.1 Å². The fraction of sp³-hybridized carbons (Fsp3) is 0.609. The second-order valence-corrected chi connectivity index (χ2v) is 8.72. The Kier molecular flexibility index (Phi) is 13.4. The topological polar surface area (TPSA) is 261 Å². The van der Waals surface area contributed by atoms with Gasteiger partial charge in [0.2, 0.25) is 0 Å². The van der Waals surface area contributed by atoms with E-state index in [0.717, 1.165) is 7.11 Å². The standard InChI is InChI=1S/C23H32N6O15/c1-41-10-5-25-18(35)24(4-8-31)19(36)26(20(25)37)6-11-44-17(34)14-29-22(39)27(12-15(32)42-2)21(38)28(23(29)40)13-16(33)43-9-3-7-30/h30-31H,3-14H2,1-2H3. The zero-order chi connectivity index (χ0) is 33.0. The van der Waals surface area contributed by atoms with Crippen molar-refractivity contribution in [2.75, 3.05) is 47.3 Å². The predicted octanol–water partition coefficient (Wildman–Crippen LogP) is -6.36. The van der Waals surface area contributed by atoms with E-state index >= 15 is 0 Å². The molecule has 0 atom stereocenters. The largest absolute Gasteiger partial charge is 0.468 e. The molecule has 0 saturated heterocycles. The summed E-state index contributed by atoms with van der Waals surface area (Å²) in [5.74, 6) is -3.43. The van der Waals surface area contributed by atoms with Gasteiger partial charge in [0.1, 0.15) is 26.2 Å². The molecule has 21 nitrogen and oxygen atoms in total. The summed E-state index contributed by atoms with van der Waals surface area (Å²) in [6, 6.07) is 0. The summed E-state index contributed by atoms with van der Waals surface area (Å²) in [6.45, 7) is -6.25. The lowest BCUT2D eigenvalue weighted by Crippen LogP contribution is -2.56. The minimum Gasteiger partial charge on any atom is -0.468 e. The molecule has 0 aliphatic carbocycles. The molecule has 0 radical (unpaired) electrons. The lowest BCUT2D eigenvalue weighted by atomic mass is 10.5. The van der Waals surface area contributed by atoms with Crippen molar-refractivity contribution in [1.29, 1.82) is 0 Å². The van der Waals surface area contributed by atoms with Gasteiger partial charge >= 0.3 is 52.0 Å². The van der Waals surface area contributed by atoms with Gasteiger partial charge in [0.05, 0.1) is 46.6 Å². The Bertz CT molecular complexity index is 1710. The molecule has 0 aliphatic heterocycles. The molecule has 2 aromatic rings. The highest BCUT2D eigenvalue weighted by Crippen LogP contribution is 1.89. The van der Waals surface area contributed by atoms with Crippen LogP contribution in [0.5, 0.6) is 0 Å². The Hall–Kier alpha value is -4.89. The Morgan fingerprint density at radius 3 is 1.32 bits per heavy atom. The third-order valence-corrected chi connectivity index (χ3v) is 5.85. The van der Waals surface area contributed by atoms with E-state index in [-0.39, 0.29) is 46.5 Å². The second-order valence-electron chi connectivity index (χ2n) is 8.72. The van der Waals surface area contributed by atoms with Crippen molar-refractivity contribution in [3.8, 4) is 0 Å². The van der Waals surface area contributed by atoms with Crippen LogP contribution < -0.4 is 34.1 Å². The molecular formula is C23H32N6O15. The zero-order valence-electron chi connectivity index (χ0n) is 23.9. The first kappa shape index (κ1) is 35.3. The predicted molar refractivity (Wildman–Crippen MR) is 143 cm³/mol. The normalized spacial score (nSPS) is 10.9. The summed E-state index contributed by atoms with van der Waals surface area (Å²) in [7, 11) is 2.28. The Balaban J connectivity index is 2.37. The van der Waals surface area contributed by atoms with Crippen LogP contribution in [-0.4, -0.2) is 103 Å². The molecule has 0 aromatic carbocycles. The maximum Gasteiger partial charge on any atom is 0.337 e. The van der Waals surface area contributed by atoms with Gasteiger partial charge in [0.25, 0.3) is 0 Å². The van der Waals surface area contributed by atoms with Crippen LogP contribution in [0.1, 0.15) is 6.42 Å². The van der Waals surface area contributed by atoms with E-state index in [1.807, 2.05) is 0 Å². The van der Waals surface area contributed by atoms with Crippen LogP contribution >= 0.6 is 0 Å². The number of methoxy groups -OCH3 is 2. The van der Waals surface area contributed by atoms with Crippen molar-refractivity contribution in [2.24, 2.45) is 0 Å². The first-order valence-corrected chi connectivity index (χ1v) is 12.9. The molecule has 0 spiro atoms. The van der Waals surface area contributed by atoms with Crippen molar-refractivity contribution in [2.45, 2.75) is 45.7 Å². The molecule has 0 fully saturated rings. The second kappa shape index (κ2) is 16.7. The highest BCUT2D eigenvalue weighted by Gasteiger charge is 2.22. The number of aliphatic hydroxyl groups excluding tert-OH is 2. The average molecular weight is 633 g/mol. The SMILES string of the molecule is COCCn1c(=O)n(CCO)c(=O)n(CCOC(=O)Cn2c(=O)n(CC(=O)OC)c(=O)n(CC(=O)OCCCO)c2=O)c1=O. The lowest BCUT2D eigenvalue weighted by molar-refractivity contribution is -0.145. The number of esters is 3. The van der Waals surface area contributed by atoms with Crippen LogP contribution in [0.15, 0.2) is 28.8 Å². The molecule has 244 valence electrons. The number of carbonyl (C=O) groups excluding carboxylic acids is 3. The highest BCUT2D eigenvalue weighted by atomic mass is 16.5. The Morgan fingerprint density at radius 1 is 0.523 bits per heavy atom. The summed E-state index contributed by atoms with van der Waals surface area (Å²) in [4.78, 5) is 113. The zero-order valence-corrected chi connectivity index (χ0v) is 23.9. The molecule has 44 heavy (non-hydrogen) atoms. The molecule has 2 rings (SSSR count). The summed E-state index contributed by atoms with van der Waals surface area (Å²) < 4.78 is 21.6. The molecular weight excluding hydrogens is 600 g/mol. The number of hydrogen-bond acceptors (Lipinski definition) is 15. The molecule has 2 N–H and O–H groups in total. The van der Waals surface area contributed by atoms with E-state index in [1.165, 1.54) is 7.11 Å². The molecule has 0 saturated carbocycles. The van der Waals surface area contributed by atoms with Crippen molar-refractivity contribution in [3.63, 3.8) is 0 Å². The number of nitrogens with zero attached hydrogens (tertiary/aromatic N) is 6. The summed E-state index contributed by atoms with van der Waals surface area (Å²) in [5, 5.41) is 18.0. The summed E-state index contributed by atoms with van der Waals surface area (Å²) in [6.07, 6.45) is 0.0636. The van der Waals surface area contributed by atoms with Gasteiger partial charge in [-0.3, -0.25) is 14.4 Å². The number of hydrogen-bond donors (Lipinski definition) is 2. The smallest absolute Gasteiger partial charge is 0.337 e. The van der Waals surface area contributed by atoms with Crippen LogP contribution in [0.2, 0.25) is 0 Å². The van der Waals surface area contributed by atoms with Crippen molar-refractivity contribution in [3.05, 3.63) is 62.9 Å². The molecule has 0 bridgehead atoms. The lowest BCUT2D eigenvalue weighted by Gasteiger charge is -2.14. The van der Waals surface area contributed by atoms with Crippen molar-refractivity contribution in [1.82, 2.24) is 27.4 Å². The Morgan fingerprint density at radius 2 is 0.909 bits per heavy atom. The van der Waals surface area contributed by atoms with Crippen molar-refractivity contribution >= 4 is 17.9 Å². The van der Waals surface area contributed by atoms with E-state index < -0.39 is 98.0 Å². The highest BCUT2D eigenvalue weighted by molar-refractivity contribution is 5.70. The number of carbonyl (C=O) groups is 3. The molecule has 2 heterocycles. The van der Waals surface area contributed by atoms with Crippen LogP contribution in [-0.2, 0) is 72.6 Å². The molecule has 0 aliphatic rings. The summed E-state index contributed by atoms with van der Waals surface area (Å²) >= 11 is 0. The van der Waals surface area contributed by atoms with E-state index in [1.54, 1.807) is 0 Å². The summed E-state index contributed by atoms with van der Waals surface area (Å²) in [5.41, 5.74) is -7.36. The van der Waals surface area contributed by atoms with Crippen LogP contribution in [0.25, 0.3) is 0 Å². The monoisotopic (exact) mass is 632 g/mol. The van der Waals surface area contributed by atoms with Gasteiger partial charge in [0.15, 0.2) is 0 Å². The van der Waals surface area contributed by atoms with E-state index in [2.05, 4.69) is 4.74 Å². The Labute approximate surface area is 245 Å². The maximum atomic E-state index is 12.9. The first-order valence-electron chi connectivity index (χ1n) is 12.9. The van der Waals surface area contributed by atoms with Gasteiger partial charge < -0.3 is 29.2 Å². The third-order valence-electron chi connectivity index (χ3n) is 5.85. The van der Waals surface area contributed by atoms with Crippen LogP contribution in [0.4, 0.5) is 0 Å². The van der Waals surface area contributed by atoms with Gasteiger partial charge in [-0.2, -0.15) is 0 Å². The first-order chi connectivity index (χ1) is 20.9. The molecule has 0 unspecified atom stereocenters. The minimum atomic E-state index is -1.43. The fourth-order valence-electron chi connectivity index (χ4n) is 3.67. The van der Waals surface area contributed by atoms with E-state index in [4.69, 9.17) is 19.3 Å². The molecule has 0 amide bonds. The number of ether oxygens (including phenoxy) is 4. The third kappa shape index (κ3) is 8.58. The van der Waals surface area contributed by atoms with Gasteiger partial charge in [-0.1, -0.05) is 0 Å². The fourth-order valence-corrected chi connectivity index (χ4v) is 3.67. The van der Waals surface area contributed by atoms with Gasteiger partial charge in [-0.05, 0) is 0 Å².